The van der Waals surface area contributed by atoms with Gasteiger partial charge in [0.05, 0.1) is 0 Å². The zero-order chi connectivity index (χ0) is 9.84. The fraction of sp³-hybridized carbons (Fsp3) is 0.333. The van der Waals surface area contributed by atoms with E-state index in [-0.39, 0.29) is 4.90 Å². The fourth-order valence-electron chi connectivity index (χ4n) is 0.991. The van der Waals surface area contributed by atoms with Crippen molar-refractivity contribution in [1.29, 1.82) is 0 Å². The van der Waals surface area contributed by atoms with E-state index in [1.54, 1.807) is 6.07 Å². The van der Waals surface area contributed by atoms with Crippen molar-refractivity contribution in [3.05, 3.63) is 29.6 Å². The Morgan fingerprint density at radius 1 is 1.38 bits per heavy atom. The van der Waals surface area contributed by atoms with Crippen LogP contribution in [-0.2, 0) is 6.42 Å². The van der Waals surface area contributed by atoms with Crippen LogP contribution < -0.4 is 0 Å². The number of aryl methyl sites for hydroxylation is 1. The molecule has 13 heavy (non-hydrogen) atoms. The molecular formula is C9H9F3S. The molecule has 0 aliphatic carbocycles. The number of rotatable bonds is 3. The highest BCUT2D eigenvalue weighted by Crippen LogP contribution is 2.26. The molecule has 0 bridgehead atoms. The predicted octanol–water partition coefficient (Wildman–Crippen LogP) is 3.70. The summed E-state index contributed by atoms with van der Waals surface area (Å²) in [6.45, 7) is 1.82. The topological polar surface area (TPSA) is 0 Å². The average molecular weight is 206 g/mol. The molecule has 0 N–H and O–H groups in total. The maximum absolute atomic E-state index is 13.0. The average Bonchev–Trinajstić information content (AvgIpc) is 2.03. The molecule has 0 heterocycles. The summed E-state index contributed by atoms with van der Waals surface area (Å²) in [6, 6.07) is 4.20. The van der Waals surface area contributed by atoms with E-state index in [1.807, 2.05) is 6.92 Å². The van der Waals surface area contributed by atoms with Gasteiger partial charge in [0.25, 0.3) is 5.76 Å². The van der Waals surface area contributed by atoms with Crippen LogP contribution in [0.2, 0.25) is 0 Å². The lowest BCUT2D eigenvalue weighted by Crippen LogP contribution is -1.89. The minimum Gasteiger partial charge on any atom is -0.207 e. The molecule has 1 aromatic rings. The summed E-state index contributed by atoms with van der Waals surface area (Å²) in [6.07, 6.45) is 0.575. The molecular weight excluding hydrogens is 197 g/mol. The Balaban J connectivity index is 2.83. The summed E-state index contributed by atoms with van der Waals surface area (Å²) >= 11 is 0.358. The largest absolute Gasteiger partial charge is 0.288 e. The smallest absolute Gasteiger partial charge is 0.207 e. The lowest BCUT2D eigenvalue weighted by Gasteiger charge is -2.03. The monoisotopic (exact) mass is 206 g/mol. The predicted molar refractivity (Wildman–Crippen MR) is 47.6 cm³/mol. The maximum atomic E-state index is 13.0. The molecule has 0 fully saturated rings. The van der Waals surface area contributed by atoms with E-state index >= 15 is 0 Å². The summed E-state index contributed by atoms with van der Waals surface area (Å²) in [5, 5.41) is 0. The first kappa shape index (κ1) is 10.4. The molecule has 0 nitrogen and oxygen atoms in total. The molecule has 0 amide bonds. The van der Waals surface area contributed by atoms with Gasteiger partial charge < -0.3 is 0 Å². The molecule has 4 heteroatoms. The number of halogens is 3. The van der Waals surface area contributed by atoms with Gasteiger partial charge in [-0.1, -0.05) is 24.8 Å². The lowest BCUT2D eigenvalue weighted by atomic mass is 10.2. The van der Waals surface area contributed by atoms with Crippen molar-refractivity contribution in [1.82, 2.24) is 0 Å². The van der Waals surface area contributed by atoms with E-state index in [0.717, 1.165) is 6.07 Å². The second kappa shape index (κ2) is 4.56. The molecule has 0 aromatic heterocycles. The van der Waals surface area contributed by atoms with Gasteiger partial charge >= 0.3 is 0 Å². The zero-order valence-corrected chi connectivity index (χ0v) is 7.88. The number of hydrogen-bond acceptors (Lipinski definition) is 1. The summed E-state index contributed by atoms with van der Waals surface area (Å²) in [5.74, 6) is -2.90. The molecule has 0 radical (unpaired) electrons. The van der Waals surface area contributed by atoms with Crippen molar-refractivity contribution in [2.45, 2.75) is 24.0 Å². The molecule has 0 unspecified atom stereocenters. The lowest BCUT2D eigenvalue weighted by molar-refractivity contribution is 0.252. The maximum Gasteiger partial charge on any atom is 0.288 e. The van der Waals surface area contributed by atoms with Crippen molar-refractivity contribution in [3.8, 4) is 0 Å². The molecule has 1 aromatic carbocycles. The Bertz CT molecular complexity index is 286. The van der Waals surface area contributed by atoms with Gasteiger partial charge in [-0.05, 0) is 24.1 Å². The second-order valence-electron chi connectivity index (χ2n) is 2.49. The minimum atomic E-state index is -2.49. The SMILES string of the molecule is CCc1ccc(SC(F)F)cc1F. The van der Waals surface area contributed by atoms with Crippen LogP contribution in [0.1, 0.15) is 12.5 Å². The summed E-state index contributed by atoms with van der Waals surface area (Å²) in [7, 11) is 0. The van der Waals surface area contributed by atoms with Gasteiger partial charge in [-0.3, -0.25) is 0 Å². The van der Waals surface area contributed by atoms with Crippen LogP contribution in [0.25, 0.3) is 0 Å². The highest BCUT2D eigenvalue weighted by atomic mass is 32.2. The van der Waals surface area contributed by atoms with Crippen molar-refractivity contribution >= 4 is 11.8 Å². The number of alkyl halides is 2. The standard InChI is InChI=1S/C9H9F3S/c1-2-6-3-4-7(5-8(6)10)13-9(11)12/h3-5,9H,2H2,1H3. The Hall–Kier alpha value is -0.640. The van der Waals surface area contributed by atoms with Crippen molar-refractivity contribution in [3.63, 3.8) is 0 Å². The second-order valence-corrected chi connectivity index (χ2v) is 3.55. The van der Waals surface area contributed by atoms with Gasteiger partial charge in [-0.15, -0.1) is 0 Å². The normalized spacial score (nSPS) is 10.8. The first-order valence-electron chi connectivity index (χ1n) is 3.86. The van der Waals surface area contributed by atoms with E-state index in [4.69, 9.17) is 0 Å². The summed E-state index contributed by atoms with van der Waals surface area (Å²) in [4.78, 5) is 0.268. The third-order valence-corrected chi connectivity index (χ3v) is 2.33. The fourth-order valence-corrected chi connectivity index (χ4v) is 1.51. The third-order valence-electron chi connectivity index (χ3n) is 1.63. The van der Waals surface area contributed by atoms with Crippen LogP contribution in [0, 0.1) is 5.82 Å². The van der Waals surface area contributed by atoms with Crippen LogP contribution in [0.3, 0.4) is 0 Å². The molecule has 1 rings (SSSR count). The van der Waals surface area contributed by atoms with Crippen LogP contribution in [0.4, 0.5) is 13.2 Å². The number of benzene rings is 1. The van der Waals surface area contributed by atoms with Crippen LogP contribution in [0.15, 0.2) is 23.1 Å². The molecule has 0 aliphatic heterocycles. The number of hydrogen-bond donors (Lipinski definition) is 0. The van der Waals surface area contributed by atoms with Gasteiger partial charge in [-0.25, -0.2) is 4.39 Å². The number of thioether (sulfide) groups is 1. The van der Waals surface area contributed by atoms with Gasteiger partial charge in [0.15, 0.2) is 0 Å². The summed E-state index contributed by atoms with van der Waals surface area (Å²) < 4.78 is 36.8. The van der Waals surface area contributed by atoms with Crippen LogP contribution in [0.5, 0.6) is 0 Å². The van der Waals surface area contributed by atoms with Crippen molar-refractivity contribution in [2.24, 2.45) is 0 Å². The zero-order valence-electron chi connectivity index (χ0n) is 7.06. The van der Waals surface area contributed by atoms with Gasteiger partial charge in [0, 0.05) is 4.90 Å². The first-order valence-corrected chi connectivity index (χ1v) is 4.74. The molecule has 0 spiro atoms. The van der Waals surface area contributed by atoms with Crippen LogP contribution in [-0.4, -0.2) is 5.76 Å². The van der Waals surface area contributed by atoms with Crippen molar-refractivity contribution < 1.29 is 13.2 Å². The molecule has 72 valence electrons. The first-order chi connectivity index (χ1) is 6.13. The molecule has 0 saturated carbocycles. The van der Waals surface area contributed by atoms with Gasteiger partial charge in [-0.2, -0.15) is 8.78 Å². The van der Waals surface area contributed by atoms with Crippen LogP contribution >= 0.6 is 11.8 Å². The summed E-state index contributed by atoms with van der Waals surface area (Å²) in [5.41, 5.74) is 0.554. The third kappa shape index (κ3) is 2.95. The van der Waals surface area contributed by atoms with Crippen molar-refractivity contribution in [2.75, 3.05) is 0 Å². The Morgan fingerprint density at radius 3 is 2.54 bits per heavy atom. The van der Waals surface area contributed by atoms with Gasteiger partial charge in [0.1, 0.15) is 5.82 Å². The van der Waals surface area contributed by atoms with E-state index in [2.05, 4.69) is 0 Å². The Morgan fingerprint density at radius 2 is 2.08 bits per heavy atom. The van der Waals surface area contributed by atoms with E-state index in [9.17, 15) is 13.2 Å². The van der Waals surface area contributed by atoms with E-state index in [0.29, 0.717) is 23.7 Å². The van der Waals surface area contributed by atoms with E-state index in [1.165, 1.54) is 6.07 Å². The molecule has 0 aliphatic rings. The quantitative estimate of drug-likeness (QED) is 0.679. The molecule has 0 atom stereocenters. The Kier molecular flexibility index (Phi) is 3.66. The van der Waals surface area contributed by atoms with Gasteiger partial charge in [0.2, 0.25) is 0 Å². The molecule has 0 saturated heterocycles. The highest BCUT2D eigenvalue weighted by Gasteiger charge is 2.07. The van der Waals surface area contributed by atoms with E-state index < -0.39 is 11.6 Å². The Labute approximate surface area is 79.1 Å². The minimum absolute atomic E-state index is 0.268. The highest BCUT2D eigenvalue weighted by molar-refractivity contribution is 7.99.